The molecule has 1 saturated heterocycles. The topological polar surface area (TPSA) is 75.7 Å². The number of para-hydroxylation sites is 2. The number of benzene rings is 2. The largest absolute Gasteiger partial charge is 0.420 e. The molecule has 134 valence electrons. The third kappa shape index (κ3) is 3.04. The molecule has 1 aliphatic heterocycles. The van der Waals surface area contributed by atoms with Crippen molar-refractivity contribution >= 4 is 17.0 Å². The lowest BCUT2D eigenvalue weighted by Gasteiger charge is -2.36. The van der Waals surface area contributed by atoms with Crippen LogP contribution in [0.1, 0.15) is 17.9 Å². The molecular weight excluding hydrogens is 332 g/mol. The minimum atomic E-state index is -0.618. The first kappa shape index (κ1) is 16.6. The molecule has 4 rings (SSSR count). The Morgan fingerprint density at radius 2 is 1.85 bits per heavy atom. The summed E-state index contributed by atoms with van der Waals surface area (Å²) in [7, 11) is 0. The Bertz CT molecular complexity index is 976. The lowest BCUT2D eigenvalue weighted by molar-refractivity contribution is -0.135. The number of hydrogen-bond donors (Lipinski definition) is 1. The molecule has 1 N–H and O–H groups in total. The maximum atomic E-state index is 12.7. The van der Waals surface area contributed by atoms with Gasteiger partial charge in [-0.05, 0) is 24.1 Å². The summed E-state index contributed by atoms with van der Waals surface area (Å²) in [6, 6.07) is 16.9. The standard InChI is InChI=1S/C20H20N2O4/c23-17-12-21(11-10-15(17)14-6-2-1-3-7-14)19(24)13-22-16-8-4-5-9-18(16)26-20(22)25/h1-9,15,17,23H,10-13H2/t15-,17+/m0/s1. The number of aliphatic hydroxyl groups excluding tert-OH is 1. The number of amides is 1. The number of nitrogens with zero attached hydrogens (tertiary/aromatic N) is 2. The van der Waals surface area contributed by atoms with E-state index >= 15 is 0 Å². The second kappa shape index (κ2) is 6.80. The summed E-state index contributed by atoms with van der Waals surface area (Å²) in [5.41, 5.74) is 2.16. The molecule has 6 nitrogen and oxygen atoms in total. The smallest absolute Gasteiger partial charge is 0.408 e. The minimum Gasteiger partial charge on any atom is -0.408 e. The number of aromatic nitrogens is 1. The van der Waals surface area contributed by atoms with Gasteiger partial charge in [-0.25, -0.2) is 4.79 Å². The number of hydrogen-bond acceptors (Lipinski definition) is 4. The summed E-state index contributed by atoms with van der Waals surface area (Å²) in [5.74, 6) is -0.707. The summed E-state index contributed by atoms with van der Waals surface area (Å²) >= 11 is 0. The first-order valence-electron chi connectivity index (χ1n) is 8.72. The van der Waals surface area contributed by atoms with E-state index in [2.05, 4.69) is 0 Å². The van der Waals surface area contributed by atoms with Crippen LogP contribution in [0.4, 0.5) is 0 Å². The molecule has 1 amide bonds. The summed E-state index contributed by atoms with van der Waals surface area (Å²) in [6.07, 6.45) is 0.0747. The molecule has 0 radical (unpaired) electrons. The van der Waals surface area contributed by atoms with Gasteiger partial charge in [-0.3, -0.25) is 9.36 Å². The zero-order valence-corrected chi connectivity index (χ0v) is 14.2. The molecule has 2 aromatic carbocycles. The number of fused-ring (bicyclic) bond motifs is 1. The van der Waals surface area contributed by atoms with E-state index in [0.717, 1.165) is 5.56 Å². The molecule has 26 heavy (non-hydrogen) atoms. The van der Waals surface area contributed by atoms with Gasteiger partial charge < -0.3 is 14.4 Å². The van der Waals surface area contributed by atoms with Crippen molar-refractivity contribution < 1.29 is 14.3 Å². The van der Waals surface area contributed by atoms with E-state index in [-0.39, 0.29) is 24.9 Å². The number of likely N-dealkylation sites (tertiary alicyclic amines) is 1. The normalized spacial score (nSPS) is 20.4. The van der Waals surface area contributed by atoms with Gasteiger partial charge in [0.25, 0.3) is 0 Å². The molecule has 2 atom stereocenters. The Kier molecular flexibility index (Phi) is 4.34. The number of piperidine rings is 1. The van der Waals surface area contributed by atoms with Crippen LogP contribution >= 0.6 is 0 Å². The summed E-state index contributed by atoms with van der Waals surface area (Å²) < 4.78 is 6.51. The van der Waals surface area contributed by atoms with Gasteiger partial charge >= 0.3 is 5.76 Å². The fourth-order valence-corrected chi connectivity index (χ4v) is 3.65. The highest BCUT2D eigenvalue weighted by atomic mass is 16.4. The molecule has 0 unspecified atom stereocenters. The first-order valence-corrected chi connectivity index (χ1v) is 8.72. The van der Waals surface area contributed by atoms with Crippen molar-refractivity contribution in [3.05, 3.63) is 70.7 Å². The minimum absolute atomic E-state index is 0.0257. The second-order valence-corrected chi connectivity index (χ2v) is 6.63. The van der Waals surface area contributed by atoms with Crippen molar-refractivity contribution in [3.8, 4) is 0 Å². The molecular formula is C20H20N2O4. The number of β-amino-alcohol motifs (C(OH)–C–C–N with tert-alkyl or cyclic N) is 1. The van der Waals surface area contributed by atoms with Crippen molar-refractivity contribution in [3.63, 3.8) is 0 Å². The number of aliphatic hydroxyl groups is 1. The van der Waals surface area contributed by atoms with Crippen LogP contribution in [0.25, 0.3) is 11.1 Å². The molecule has 0 spiro atoms. The fraction of sp³-hybridized carbons (Fsp3) is 0.300. The van der Waals surface area contributed by atoms with Crippen molar-refractivity contribution in [2.24, 2.45) is 0 Å². The Labute approximate surface area is 150 Å². The zero-order valence-electron chi connectivity index (χ0n) is 14.2. The van der Waals surface area contributed by atoms with Gasteiger partial charge in [-0.15, -0.1) is 0 Å². The van der Waals surface area contributed by atoms with Crippen LogP contribution in [-0.4, -0.2) is 39.7 Å². The summed E-state index contributed by atoms with van der Waals surface area (Å²) in [6.45, 7) is 0.738. The molecule has 1 fully saturated rings. The molecule has 6 heteroatoms. The fourth-order valence-electron chi connectivity index (χ4n) is 3.65. The van der Waals surface area contributed by atoms with E-state index in [1.54, 1.807) is 29.2 Å². The first-order chi connectivity index (χ1) is 12.6. The van der Waals surface area contributed by atoms with Crippen molar-refractivity contribution in [1.29, 1.82) is 0 Å². The Hall–Kier alpha value is -2.86. The second-order valence-electron chi connectivity index (χ2n) is 6.63. The molecule has 0 aliphatic carbocycles. The van der Waals surface area contributed by atoms with Crippen LogP contribution in [0.5, 0.6) is 0 Å². The highest BCUT2D eigenvalue weighted by molar-refractivity contribution is 5.79. The molecule has 3 aromatic rings. The van der Waals surface area contributed by atoms with Crippen molar-refractivity contribution in [2.75, 3.05) is 13.1 Å². The molecule has 1 aliphatic rings. The zero-order chi connectivity index (χ0) is 18.1. The van der Waals surface area contributed by atoms with E-state index in [0.29, 0.717) is 24.1 Å². The third-order valence-electron chi connectivity index (χ3n) is 5.03. The van der Waals surface area contributed by atoms with E-state index in [4.69, 9.17) is 4.42 Å². The average Bonchev–Trinajstić information content (AvgIpc) is 2.98. The SMILES string of the molecule is O=C(Cn1c(=O)oc2ccccc21)N1CC[C@@H](c2ccccc2)[C@H](O)C1. The summed E-state index contributed by atoms with van der Waals surface area (Å²) in [5, 5.41) is 10.5. The molecule has 2 heterocycles. The van der Waals surface area contributed by atoms with Crippen molar-refractivity contribution in [1.82, 2.24) is 9.47 Å². The molecule has 0 bridgehead atoms. The van der Waals surface area contributed by atoms with Crippen molar-refractivity contribution in [2.45, 2.75) is 25.0 Å². The van der Waals surface area contributed by atoms with Crippen LogP contribution in [0.15, 0.2) is 63.8 Å². The van der Waals surface area contributed by atoms with Crippen LogP contribution in [0, 0.1) is 0 Å². The predicted molar refractivity (Wildman–Crippen MR) is 96.9 cm³/mol. The predicted octanol–water partition coefficient (Wildman–Crippen LogP) is 1.97. The van der Waals surface area contributed by atoms with Gasteiger partial charge in [0.1, 0.15) is 6.54 Å². The van der Waals surface area contributed by atoms with Crippen LogP contribution in [-0.2, 0) is 11.3 Å². The average molecular weight is 352 g/mol. The monoisotopic (exact) mass is 352 g/mol. The molecule has 0 saturated carbocycles. The quantitative estimate of drug-likeness (QED) is 0.782. The van der Waals surface area contributed by atoms with E-state index in [1.807, 2.05) is 30.3 Å². The van der Waals surface area contributed by atoms with Gasteiger partial charge in [0, 0.05) is 19.0 Å². The third-order valence-corrected chi connectivity index (χ3v) is 5.03. The van der Waals surface area contributed by atoms with E-state index in [9.17, 15) is 14.7 Å². The van der Waals surface area contributed by atoms with Gasteiger partial charge in [-0.1, -0.05) is 42.5 Å². The van der Waals surface area contributed by atoms with E-state index < -0.39 is 11.9 Å². The lowest BCUT2D eigenvalue weighted by atomic mass is 9.87. The van der Waals surface area contributed by atoms with Crippen LogP contribution in [0.3, 0.4) is 0 Å². The van der Waals surface area contributed by atoms with Gasteiger partial charge in [-0.2, -0.15) is 0 Å². The number of oxazole rings is 1. The highest BCUT2D eigenvalue weighted by Crippen LogP contribution is 2.28. The Morgan fingerprint density at radius 3 is 2.62 bits per heavy atom. The Balaban J connectivity index is 1.48. The molecule has 1 aromatic heterocycles. The van der Waals surface area contributed by atoms with Gasteiger partial charge in [0.2, 0.25) is 5.91 Å². The van der Waals surface area contributed by atoms with Crippen LogP contribution in [0.2, 0.25) is 0 Å². The van der Waals surface area contributed by atoms with Crippen LogP contribution < -0.4 is 5.76 Å². The summed E-state index contributed by atoms with van der Waals surface area (Å²) in [4.78, 5) is 26.3. The van der Waals surface area contributed by atoms with E-state index in [1.165, 1.54) is 4.57 Å². The van der Waals surface area contributed by atoms with Gasteiger partial charge in [0.05, 0.1) is 11.6 Å². The number of rotatable bonds is 3. The lowest BCUT2D eigenvalue weighted by Crippen LogP contribution is -2.47. The van der Waals surface area contributed by atoms with Gasteiger partial charge in [0.15, 0.2) is 5.58 Å². The highest BCUT2D eigenvalue weighted by Gasteiger charge is 2.31. The maximum Gasteiger partial charge on any atom is 0.420 e. The maximum absolute atomic E-state index is 12.7. The number of carbonyl (C=O) groups is 1. The Morgan fingerprint density at radius 1 is 1.12 bits per heavy atom. The number of carbonyl (C=O) groups excluding carboxylic acids is 1.